The fourth-order valence-corrected chi connectivity index (χ4v) is 3.61. The van der Waals surface area contributed by atoms with E-state index < -0.39 is 0 Å². The molecule has 1 amide bonds. The zero-order valence-corrected chi connectivity index (χ0v) is 19.7. The molecule has 4 aromatic heterocycles. The van der Waals surface area contributed by atoms with Crippen molar-refractivity contribution in [3.8, 4) is 5.95 Å². The summed E-state index contributed by atoms with van der Waals surface area (Å²) in [4.78, 5) is 30.5. The highest BCUT2D eigenvalue weighted by Crippen LogP contribution is 2.26. The number of nitrogens with zero attached hydrogens (tertiary/aromatic N) is 8. The molecule has 10 nitrogen and oxygen atoms in total. The van der Waals surface area contributed by atoms with Crippen molar-refractivity contribution in [1.82, 2.24) is 39.3 Å². The van der Waals surface area contributed by atoms with E-state index in [0.29, 0.717) is 22.7 Å². The molecule has 1 N–H and O–H groups in total. The van der Waals surface area contributed by atoms with Crippen LogP contribution in [0.25, 0.3) is 11.7 Å². The van der Waals surface area contributed by atoms with Gasteiger partial charge in [-0.2, -0.15) is 14.8 Å². The predicted octanol–water partition coefficient (Wildman–Crippen LogP) is 2.92. The molecule has 32 heavy (non-hydrogen) atoms. The topological polar surface area (TPSA) is 116 Å². The quantitative estimate of drug-likeness (QED) is 0.461. The van der Waals surface area contributed by atoms with E-state index in [9.17, 15) is 4.79 Å². The molecule has 0 saturated heterocycles. The van der Waals surface area contributed by atoms with Gasteiger partial charge in [-0.3, -0.25) is 4.79 Å². The summed E-state index contributed by atoms with van der Waals surface area (Å²) in [5.74, 6) is 1.24. The Kier molecular flexibility index (Phi) is 5.68. The summed E-state index contributed by atoms with van der Waals surface area (Å²) in [6, 6.07) is 3.59. The minimum atomic E-state index is -0.205. The molecule has 0 spiro atoms. The molecule has 0 aliphatic carbocycles. The van der Waals surface area contributed by atoms with E-state index >= 15 is 0 Å². The zero-order chi connectivity index (χ0) is 23.0. The number of fused-ring (bicyclic) bond motifs is 1. The van der Waals surface area contributed by atoms with E-state index in [1.54, 1.807) is 27.7 Å². The molecule has 0 saturated carbocycles. The van der Waals surface area contributed by atoms with Crippen LogP contribution in [0.1, 0.15) is 43.4 Å². The van der Waals surface area contributed by atoms with E-state index in [2.05, 4.69) is 56.2 Å². The van der Waals surface area contributed by atoms with E-state index in [1.165, 1.54) is 11.8 Å². The fraction of sp³-hybridized carbons (Fsp3) is 0.381. The molecule has 0 fully saturated rings. The highest BCUT2D eigenvalue weighted by atomic mass is 32.2. The number of hydrogen-bond donors (Lipinski definition) is 1. The van der Waals surface area contributed by atoms with Crippen LogP contribution in [-0.4, -0.2) is 51.5 Å². The second-order valence-corrected chi connectivity index (χ2v) is 9.20. The van der Waals surface area contributed by atoms with Crippen molar-refractivity contribution in [3.05, 3.63) is 47.2 Å². The maximum absolute atomic E-state index is 13.1. The van der Waals surface area contributed by atoms with Crippen LogP contribution in [0.5, 0.6) is 0 Å². The second-order valence-electron chi connectivity index (χ2n) is 8.42. The summed E-state index contributed by atoms with van der Waals surface area (Å²) in [6.45, 7) is 9.98. The summed E-state index contributed by atoms with van der Waals surface area (Å²) in [7, 11) is 0. The average molecular weight is 452 g/mol. The third-order valence-electron chi connectivity index (χ3n) is 5.04. The largest absolute Gasteiger partial charge is 0.310 e. The van der Waals surface area contributed by atoms with Gasteiger partial charge in [-0.15, -0.1) is 5.10 Å². The van der Waals surface area contributed by atoms with Gasteiger partial charge in [-0.25, -0.2) is 19.5 Å². The van der Waals surface area contributed by atoms with Crippen LogP contribution in [0, 0.1) is 13.8 Å². The Morgan fingerprint density at radius 3 is 2.50 bits per heavy atom. The number of amides is 1. The maximum Gasteiger partial charge on any atom is 0.253 e. The molecular formula is C21H25N9OS. The van der Waals surface area contributed by atoms with E-state index in [1.807, 2.05) is 26.2 Å². The summed E-state index contributed by atoms with van der Waals surface area (Å²) < 4.78 is 3.24. The van der Waals surface area contributed by atoms with Gasteiger partial charge in [0.25, 0.3) is 11.7 Å². The Morgan fingerprint density at radius 2 is 1.84 bits per heavy atom. The van der Waals surface area contributed by atoms with Crippen molar-refractivity contribution >= 4 is 29.3 Å². The van der Waals surface area contributed by atoms with Crippen LogP contribution < -0.4 is 5.32 Å². The number of nitrogens with one attached hydrogen (secondary N) is 1. The van der Waals surface area contributed by atoms with Gasteiger partial charge in [0.1, 0.15) is 5.82 Å². The Morgan fingerprint density at radius 1 is 1.12 bits per heavy atom. The first kappa shape index (κ1) is 21.9. The molecule has 4 rings (SSSR count). The number of thioether (sulfide) groups is 1. The number of rotatable bonds is 5. The van der Waals surface area contributed by atoms with Gasteiger partial charge in [-0.05, 0) is 26.2 Å². The van der Waals surface area contributed by atoms with Crippen molar-refractivity contribution in [1.29, 1.82) is 0 Å². The van der Waals surface area contributed by atoms with Gasteiger partial charge in [0.2, 0.25) is 11.1 Å². The molecule has 0 unspecified atom stereocenters. The van der Waals surface area contributed by atoms with Crippen LogP contribution in [0.3, 0.4) is 0 Å². The third kappa shape index (κ3) is 4.20. The molecule has 0 aliphatic heterocycles. The van der Waals surface area contributed by atoms with Crippen molar-refractivity contribution in [3.63, 3.8) is 0 Å². The summed E-state index contributed by atoms with van der Waals surface area (Å²) in [6.07, 6.45) is 5.33. The normalized spacial score (nSPS) is 11.8. The number of aromatic nitrogens is 8. The molecule has 0 aromatic carbocycles. The molecule has 166 valence electrons. The predicted molar refractivity (Wildman–Crippen MR) is 122 cm³/mol. The first-order chi connectivity index (χ1) is 15.2. The molecule has 0 atom stereocenters. The standard InChI is InChI=1S/C21H25N9OS/c1-12-14(13(2)29-19(24-12)26-20(28-29)32-6)10-17(31)25-16-11-15(21(3,4)5)27-30(16)18-22-8-7-9-23-18/h7-9,11H,10H2,1-6H3,(H,25,31). The minimum Gasteiger partial charge on any atom is -0.310 e. The van der Waals surface area contributed by atoms with Gasteiger partial charge in [-0.1, -0.05) is 32.5 Å². The van der Waals surface area contributed by atoms with Crippen molar-refractivity contribution in [2.24, 2.45) is 0 Å². The van der Waals surface area contributed by atoms with E-state index in [-0.39, 0.29) is 17.7 Å². The van der Waals surface area contributed by atoms with Crippen LogP contribution in [-0.2, 0) is 16.6 Å². The number of anilines is 1. The van der Waals surface area contributed by atoms with Crippen LogP contribution in [0.4, 0.5) is 5.82 Å². The molecule has 0 bridgehead atoms. The number of hydrogen-bond acceptors (Lipinski definition) is 8. The fourth-order valence-electron chi connectivity index (χ4n) is 3.27. The van der Waals surface area contributed by atoms with Gasteiger partial charge in [0.15, 0.2) is 0 Å². The van der Waals surface area contributed by atoms with Crippen molar-refractivity contribution < 1.29 is 4.79 Å². The second kappa shape index (κ2) is 8.30. The Bertz CT molecular complexity index is 1290. The van der Waals surface area contributed by atoms with Gasteiger partial charge in [0, 0.05) is 40.8 Å². The zero-order valence-electron chi connectivity index (χ0n) is 18.9. The Labute approximate surface area is 189 Å². The van der Waals surface area contributed by atoms with Crippen LogP contribution in [0.15, 0.2) is 29.7 Å². The lowest BCUT2D eigenvalue weighted by atomic mass is 9.92. The average Bonchev–Trinajstić information content (AvgIpc) is 3.36. The first-order valence-corrected chi connectivity index (χ1v) is 11.3. The highest BCUT2D eigenvalue weighted by Gasteiger charge is 2.23. The Hall–Kier alpha value is -3.34. The lowest BCUT2D eigenvalue weighted by Gasteiger charge is -2.13. The van der Waals surface area contributed by atoms with Gasteiger partial charge < -0.3 is 5.32 Å². The Balaban J connectivity index is 1.66. The van der Waals surface area contributed by atoms with E-state index in [0.717, 1.165) is 22.6 Å². The van der Waals surface area contributed by atoms with Gasteiger partial charge >= 0.3 is 0 Å². The molecular weight excluding hydrogens is 426 g/mol. The van der Waals surface area contributed by atoms with Crippen molar-refractivity contribution in [2.45, 2.75) is 51.6 Å². The van der Waals surface area contributed by atoms with Crippen LogP contribution in [0.2, 0.25) is 0 Å². The SMILES string of the molecule is CSc1nc2nc(C)c(CC(=O)Nc3cc(C(C)(C)C)nn3-c3ncccn3)c(C)n2n1. The maximum atomic E-state index is 13.1. The number of aryl methyl sites for hydroxylation is 2. The summed E-state index contributed by atoms with van der Waals surface area (Å²) in [5, 5.41) is 12.7. The molecule has 0 radical (unpaired) electrons. The monoisotopic (exact) mass is 451 g/mol. The summed E-state index contributed by atoms with van der Waals surface area (Å²) >= 11 is 1.45. The number of carbonyl (C=O) groups excluding carboxylic acids is 1. The minimum absolute atomic E-state index is 0.140. The number of carbonyl (C=O) groups is 1. The van der Waals surface area contributed by atoms with Gasteiger partial charge in [0.05, 0.1) is 12.1 Å². The smallest absolute Gasteiger partial charge is 0.253 e. The lowest BCUT2D eigenvalue weighted by Crippen LogP contribution is -2.20. The molecule has 4 aromatic rings. The molecule has 11 heteroatoms. The highest BCUT2D eigenvalue weighted by molar-refractivity contribution is 7.98. The first-order valence-electron chi connectivity index (χ1n) is 10.1. The third-order valence-corrected chi connectivity index (χ3v) is 5.57. The summed E-state index contributed by atoms with van der Waals surface area (Å²) in [5.41, 5.74) is 3.02. The van der Waals surface area contributed by atoms with Crippen molar-refractivity contribution in [2.75, 3.05) is 11.6 Å². The lowest BCUT2D eigenvalue weighted by molar-refractivity contribution is -0.115. The van der Waals surface area contributed by atoms with Crippen LogP contribution >= 0.6 is 11.8 Å². The molecule has 4 heterocycles. The molecule has 0 aliphatic rings. The van der Waals surface area contributed by atoms with E-state index in [4.69, 9.17) is 0 Å².